The largest absolute Gasteiger partial charge is 0.461 e. The zero-order chi connectivity index (χ0) is 29.3. The Kier molecular flexibility index (Phi) is 11.7. The first-order valence-corrected chi connectivity index (χ1v) is 15.8. The normalized spacial score (nSPS) is 22.0. The molecule has 2 heterocycles. The van der Waals surface area contributed by atoms with Crippen LogP contribution < -0.4 is 10.4 Å². The van der Waals surface area contributed by atoms with Gasteiger partial charge in [0.2, 0.25) is 11.8 Å². The van der Waals surface area contributed by atoms with Crippen molar-refractivity contribution in [2.24, 2.45) is 5.92 Å². The molecule has 2 aliphatic heterocycles. The Balaban J connectivity index is 1.66. The number of piperazine rings is 1. The molecule has 3 rings (SSSR count). The van der Waals surface area contributed by atoms with Crippen molar-refractivity contribution in [3.05, 3.63) is 35.9 Å². The van der Waals surface area contributed by atoms with Crippen molar-refractivity contribution in [2.75, 3.05) is 39.4 Å². The predicted octanol–water partition coefficient (Wildman–Crippen LogP) is 3.10. The summed E-state index contributed by atoms with van der Waals surface area (Å²) in [5.41, 5.74) is 0.253. The molecule has 0 aliphatic carbocycles. The molecule has 224 valence electrons. The van der Waals surface area contributed by atoms with E-state index in [1.165, 1.54) is 6.92 Å². The first-order chi connectivity index (χ1) is 19.0. The van der Waals surface area contributed by atoms with Crippen molar-refractivity contribution < 1.29 is 32.7 Å². The highest BCUT2D eigenvalue weighted by Gasteiger charge is 2.51. The van der Waals surface area contributed by atoms with Crippen LogP contribution in [-0.2, 0) is 39.3 Å². The number of ether oxygens (including phenoxy) is 1. The molecule has 2 fully saturated rings. The number of hydrogen-bond donors (Lipinski definition) is 2. The second-order valence-corrected chi connectivity index (χ2v) is 12.7. The number of amides is 2. The van der Waals surface area contributed by atoms with Crippen LogP contribution in [0.15, 0.2) is 30.3 Å². The lowest BCUT2D eigenvalue weighted by molar-refractivity contribution is -0.151. The predicted molar refractivity (Wildman–Crippen MR) is 151 cm³/mol. The Labute approximate surface area is 237 Å². The van der Waals surface area contributed by atoms with E-state index in [9.17, 15) is 18.9 Å². The monoisotopic (exact) mass is 580 g/mol. The highest BCUT2D eigenvalue weighted by Crippen LogP contribution is 2.45. The van der Waals surface area contributed by atoms with Gasteiger partial charge in [-0.05, 0) is 37.7 Å². The van der Waals surface area contributed by atoms with Gasteiger partial charge in [0.05, 0.1) is 6.61 Å². The Morgan fingerprint density at radius 3 is 2.40 bits per heavy atom. The molecule has 3 unspecified atom stereocenters. The van der Waals surface area contributed by atoms with E-state index in [-0.39, 0.29) is 31.1 Å². The van der Waals surface area contributed by atoms with Gasteiger partial charge in [0.1, 0.15) is 24.3 Å². The van der Waals surface area contributed by atoms with E-state index in [1.807, 2.05) is 58.0 Å². The van der Waals surface area contributed by atoms with Crippen LogP contribution in [0, 0.1) is 5.92 Å². The maximum absolute atomic E-state index is 13.6. The first-order valence-electron chi connectivity index (χ1n) is 14.2. The van der Waals surface area contributed by atoms with Gasteiger partial charge < -0.3 is 15.0 Å². The second-order valence-electron chi connectivity index (χ2n) is 10.9. The molecule has 40 heavy (non-hydrogen) atoms. The van der Waals surface area contributed by atoms with Gasteiger partial charge in [-0.1, -0.05) is 58.0 Å². The zero-order valence-electron chi connectivity index (χ0n) is 24.4. The molecule has 2 aliphatic rings. The van der Waals surface area contributed by atoms with Gasteiger partial charge >= 0.3 is 13.7 Å². The lowest BCUT2D eigenvalue weighted by Crippen LogP contribution is -2.66. The Hall–Kier alpha value is -2.30. The van der Waals surface area contributed by atoms with E-state index in [1.54, 1.807) is 4.90 Å². The number of nitrogens with zero attached hydrogens (tertiary/aromatic N) is 2. The van der Waals surface area contributed by atoms with Crippen molar-refractivity contribution in [3.8, 4) is 0 Å². The fourth-order valence-corrected chi connectivity index (χ4v) is 6.49. The van der Waals surface area contributed by atoms with Crippen LogP contribution in [0.1, 0.15) is 59.4 Å². The molecule has 1 aromatic rings. The average molecular weight is 581 g/mol. The van der Waals surface area contributed by atoms with Crippen LogP contribution in [0.25, 0.3) is 0 Å². The van der Waals surface area contributed by atoms with Gasteiger partial charge in [-0.15, -0.1) is 0 Å². The minimum Gasteiger partial charge on any atom is -0.461 e. The molecular formula is C28H45N4O7P. The van der Waals surface area contributed by atoms with Crippen molar-refractivity contribution in [3.63, 3.8) is 0 Å². The highest BCUT2D eigenvalue weighted by atomic mass is 31.2. The number of carbonyl (C=O) groups excluding carboxylic acids is 3. The number of carbonyl (C=O) groups is 3. The van der Waals surface area contributed by atoms with Crippen LogP contribution in [0.2, 0.25) is 0 Å². The van der Waals surface area contributed by atoms with Crippen molar-refractivity contribution >= 4 is 25.5 Å². The van der Waals surface area contributed by atoms with Crippen molar-refractivity contribution in [2.45, 2.75) is 78.1 Å². The summed E-state index contributed by atoms with van der Waals surface area (Å²) in [6.45, 7) is 11.0. The number of rotatable bonds is 14. The van der Waals surface area contributed by atoms with E-state index in [2.05, 4.69) is 15.3 Å². The van der Waals surface area contributed by atoms with Gasteiger partial charge in [0.25, 0.3) is 0 Å². The fraction of sp³-hybridized carbons (Fsp3) is 0.679. The topological polar surface area (TPSA) is 127 Å². The van der Waals surface area contributed by atoms with Crippen molar-refractivity contribution in [1.29, 1.82) is 0 Å². The number of hydrogen-bond acceptors (Lipinski definition) is 8. The fourth-order valence-electron chi connectivity index (χ4n) is 4.91. The van der Waals surface area contributed by atoms with Crippen LogP contribution in [-0.4, -0.2) is 84.7 Å². The smallest absolute Gasteiger partial charge is 0.406 e. The standard InChI is InChI=1S/C28H45N4O7P/c1-6-24(7-2)39-26(34)22(5)30-40(36,37-18-21(3)4)38-19-25(33)31-15-16-32(17-23-11-9-8-10-12-23)28(20-31)13-14-29-27(28)35/h8-12,21-22,24H,6-7,13-20H2,1-5H3,(H,29,35)(H,30,36). The molecule has 2 amide bonds. The van der Waals surface area contributed by atoms with E-state index in [0.29, 0.717) is 45.4 Å². The van der Waals surface area contributed by atoms with Crippen molar-refractivity contribution in [1.82, 2.24) is 20.2 Å². The summed E-state index contributed by atoms with van der Waals surface area (Å²) in [6, 6.07) is 8.96. The SMILES string of the molecule is CCC(CC)OC(=O)C(C)NP(=O)(OCC(=O)N1CCN(Cc2ccccc2)C2(CCNC2=O)C1)OCC(C)C. The van der Waals surface area contributed by atoms with Gasteiger partial charge in [-0.2, -0.15) is 0 Å². The van der Waals surface area contributed by atoms with Crippen LogP contribution in [0.4, 0.5) is 0 Å². The van der Waals surface area contributed by atoms with Crippen LogP contribution in [0.3, 0.4) is 0 Å². The number of esters is 1. The lowest BCUT2D eigenvalue weighted by atomic mass is 9.91. The van der Waals surface area contributed by atoms with E-state index in [4.69, 9.17) is 13.8 Å². The molecule has 12 heteroatoms. The Morgan fingerprint density at radius 1 is 1.10 bits per heavy atom. The Morgan fingerprint density at radius 2 is 1.80 bits per heavy atom. The average Bonchev–Trinajstić information content (AvgIpc) is 3.30. The lowest BCUT2D eigenvalue weighted by Gasteiger charge is -2.47. The molecule has 11 nitrogen and oxygen atoms in total. The van der Waals surface area contributed by atoms with Crippen LogP contribution in [0.5, 0.6) is 0 Å². The molecule has 1 spiro atoms. The van der Waals surface area contributed by atoms with Gasteiger partial charge in [-0.3, -0.25) is 28.3 Å². The third-order valence-corrected chi connectivity index (χ3v) is 9.01. The first kappa shape index (κ1) is 32.2. The van der Waals surface area contributed by atoms with Gasteiger partial charge in [0, 0.05) is 32.7 Å². The second kappa shape index (κ2) is 14.5. The molecule has 2 saturated heterocycles. The third-order valence-electron chi connectivity index (χ3n) is 7.35. The summed E-state index contributed by atoms with van der Waals surface area (Å²) >= 11 is 0. The van der Waals surface area contributed by atoms with Crippen LogP contribution >= 0.6 is 7.75 Å². The number of benzene rings is 1. The Bertz CT molecular complexity index is 1050. The van der Waals surface area contributed by atoms with E-state index < -0.39 is 37.8 Å². The summed E-state index contributed by atoms with van der Waals surface area (Å²) in [7, 11) is -4.04. The van der Waals surface area contributed by atoms with E-state index in [0.717, 1.165) is 5.56 Å². The maximum Gasteiger partial charge on any atom is 0.406 e. The van der Waals surface area contributed by atoms with Gasteiger partial charge in [0.15, 0.2) is 0 Å². The summed E-state index contributed by atoms with van der Waals surface area (Å²) in [6.07, 6.45) is 1.67. The molecule has 3 atom stereocenters. The minimum atomic E-state index is -4.04. The van der Waals surface area contributed by atoms with E-state index >= 15 is 0 Å². The molecule has 0 aromatic heterocycles. The molecule has 0 radical (unpaired) electrons. The quantitative estimate of drug-likeness (QED) is 0.252. The summed E-state index contributed by atoms with van der Waals surface area (Å²) in [5, 5.41) is 5.57. The number of nitrogens with one attached hydrogen (secondary N) is 2. The summed E-state index contributed by atoms with van der Waals surface area (Å²) in [5.74, 6) is -1.03. The highest BCUT2D eigenvalue weighted by molar-refractivity contribution is 7.51. The summed E-state index contributed by atoms with van der Waals surface area (Å²) in [4.78, 5) is 42.6. The zero-order valence-corrected chi connectivity index (χ0v) is 25.3. The molecular weight excluding hydrogens is 535 g/mol. The molecule has 0 saturated carbocycles. The van der Waals surface area contributed by atoms with Gasteiger partial charge in [-0.25, -0.2) is 9.65 Å². The molecule has 1 aromatic carbocycles. The maximum atomic E-state index is 13.6. The third kappa shape index (κ3) is 8.36. The molecule has 2 N–H and O–H groups in total. The summed E-state index contributed by atoms with van der Waals surface area (Å²) < 4.78 is 30.2. The minimum absolute atomic E-state index is 0.0414. The molecule has 0 bridgehead atoms.